The van der Waals surface area contributed by atoms with Crippen LogP contribution in [0.15, 0.2) is 28.2 Å². The predicted molar refractivity (Wildman–Crippen MR) is 58.5 cm³/mol. The van der Waals surface area contributed by atoms with Crippen LogP contribution in [-0.4, -0.2) is 10.2 Å². The van der Waals surface area contributed by atoms with Gasteiger partial charge in [-0.2, -0.15) is 0 Å². The van der Waals surface area contributed by atoms with Crippen molar-refractivity contribution in [1.29, 1.82) is 0 Å². The van der Waals surface area contributed by atoms with Crippen LogP contribution in [0.5, 0.6) is 10.9 Å². The van der Waals surface area contributed by atoms with Crippen molar-refractivity contribution in [3.63, 3.8) is 0 Å². The lowest BCUT2D eigenvalue weighted by Crippen LogP contribution is -1.91. The van der Waals surface area contributed by atoms with Crippen molar-refractivity contribution in [3.8, 4) is 10.9 Å². The Labute approximate surface area is 92.9 Å². The molecule has 1 aromatic carbocycles. The summed E-state index contributed by atoms with van der Waals surface area (Å²) in [5, 5.41) is 7.90. The van der Waals surface area contributed by atoms with Crippen LogP contribution < -0.4 is 10.5 Å². The Balaban J connectivity index is 2.25. The third kappa shape index (κ3) is 2.02. The summed E-state index contributed by atoms with van der Waals surface area (Å²) in [6.45, 7) is 0. The summed E-state index contributed by atoms with van der Waals surface area (Å²) in [6.07, 6.45) is 0. The molecule has 14 heavy (non-hydrogen) atoms. The van der Waals surface area contributed by atoms with Gasteiger partial charge >= 0.3 is 0 Å². The number of anilines is 1. The summed E-state index contributed by atoms with van der Waals surface area (Å²) in [7, 11) is 0. The average Bonchev–Trinajstić information content (AvgIpc) is 2.62. The van der Waals surface area contributed by atoms with Crippen LogP contribution in [0.4, 0.5) is 5.69 Å². The van der Waals surface area contributed by atoms with E-state index in [9.17, 15) is 0 Å². The molecule has 0 atom stereocenters. The zero-order valence-corrected chi connectivity index (χ0v) is 9.38. The average molecular weight is 272 g/mol. The number of hydrogen-bond acceptors (Lipinski definition) is 5. The second kappa shape index (κ2) is 3.93. The van der Waals surface area contributed by atoms with Crippen LogP contribution in [0.3, 0.4) is 0 Å². The minimum absolute atomic E-state index is 0.485. The summed E-state index contributed by atoms with van der Waals surface area (Å²) in [4.78, 5) is 0. The predicted octanol–water partition coefficient (Wildman–Crippen LogP) is 2.68. The first-order valence-corrected chi connectivity index (χ1v) is 5.42. The van der Waals surface area contributed by atoms with Gasteiger partial charge in [-0.25, -0.2) is 0 Å². The number of nitrogen functional groups attached to an aromatic ring is 1. The van der Waals surface area contributed by atoms with E-state index >= 15 is 0 Å². The van der Waals surface area contributed by atoms with E-state index in [2.05, 4.69) is 26.1 Å². The molecule has 0 amide bonds. The molecule has 1 heterocycles. The summed E-state index contributed by atoms with van der Waals surface area (Å²) in [5.74, 6) is 0.588. The van der Waals surface area contributed by atoms with Crippen LogP contribution in [0.1, 0.15) is 0 Å². The van der Waals surface area contributed by atoms with Gasteiger partial charge in [-0.1, -0.05) is 32.4 Å². The van der Waals surface area contributed by atoms with Crippen molar-refractivity contribution in [1.82, 2.24) is 10.2 Å². The smallest absolute Gasteiger partial charge is 0.299 e. The number of nitrogens with two attached hydrogens (primary N) is 1. The fraction of sp³-hybridized carbons (Fsp3) is 0. The number of halogens is 1. The highest BCUT2D eigenvalue weighted by atomic mass is 79.9. The molecule has 6 heteroatoms. The number of benzene rings is 1. The lowest BCUT2D eigenvalue weighted by atomic mass is 10.3. The van der Waals surface area contributed by atoms with Gasteiger partial charge in [0.05, 0.1) is 5.69 Å². The first kappa shape index (κ1) is 9.42. The van der Waals surface area contributed by atoms with E-state index in [1.807, 2.05) is 6.07 Å². The summed E-state index contributed by atoms with van der Waals surface area (Å²) in [5.41, 5.74) is 7.91. The van der Waals surface area contributed by atoms with Gasteiger partial charge in [-0.05, 0) is 18.2 Å². The molecule has 0 aliphatic heterocycles. The molecule has 0 fully saturated rings. The van der Waals surface area contributed by atoms with E-state index in [4.69, 9.17) is 10.5 Å². The molecule has 4 nitrogen and oxygen atoms in total. The topological polar surface area (TPSA) is 61.0 Å². The van der Waals surface area contributed by atoms with Crippen molar-refractivity contribution < 1.29 is 4.74 Å². The minimum Gasteiger partial charge on any atom is -0.428 e. The van der Waals surface area contributed by atoms with Crippen molar-refractivity contribution >= 4 is 33.0 Å². The highest BCUT2D eigenvalue weighted by molar-refractivity contribution is 9.10. The van der Waals surface area contributed by atoms with Crippen molar-refractivity contribution in [3.05, 3.63) is 28.2 Å². The molecule has 0 unspecified atom stereocenters. The fourth-order valence-corrected chi connectivity index (χ4v) is 1.71. The molecule has 0 radical (unpaired) electrons. The van der Waals surface area contributed by atoms with Gasteiger partial charge in [0.25, 0.3) is 5.19 Å². The van der Waals surface area contributed by atoms with Crippen LogP contribution in [0.2, 0.25) is 0 Å². The second-order valence-electron chi connectivity index (χ2n) is 2.49. The maximum atomic E-state index is 5.74. The molecule has 1 aromatic heterocycles. The summed E-state index contributed by atoms with van der Waals surface area (Å²) < 4.78 is 6.32. The van der Waals surface area contributed by atoms with Crippen LogP contribution in [0.25, 0.3) is 0 Å². The zero-order chi connectivity index (χ0) is 9.97. The third-order valence-electron chi connectivity index (χ3n) is 1.51. The Kier molecular flexibility index (Phi) is 2.64. The Hall–Kier alpha value is -1.14. The number of ether oxygens (including phenoxy) is 1. The van der Waals surface area contributed by atoms with Gasteiger partial charge in [0.15, 0.2) is 5.75 Å². The Morgan fingerprint density at radius 1 is 1.43 bits per heavy atom. The maximum Gasteiger partial charge on any atom is 0.299 e. The molecule has 0 aliphatic rings. The lowest BCUT2D eigenvalue weighted by Gasteiger charge is -2.04. The van der Waals surface area contributed by atoms with Crippen LogP contribution >= 0.6 is 27.3 Å². The van der Waals surface area contributed by atoms with Gasteiger partial charge in [0, 0.05) is 4.47 Å². The van der Waals surface area contributed by atoms with E-state index in [0.717, 1.165) is 4.47 Å². The normalized spacial score (nSPS) is 10.1. The highest BCUT2D eigenvalue weighted by Gasteiger charge is 2.04. The number of aromatic nitrogens is 2. The fourth-order valence-electron chi connectivity index (χ4n) is 0.914. The zero-order valence-electron chi connectivity index (χ0n) is 6.98. The molecule has 2 aromatic rings. The number of hydrogen-bond donors (Lipinski definition) is 1. The molecule has 72 valence electrons. The van der Waals surface area contributed by atoms with Gasteiger partial charge in [0.2, 0.25) is 0 Å². The molecule has 0 aliphatic carbocycles. The maximum absolute atomic E-state index is 5.74. The van der Waals surface area contributed by atoms with Gasteiger partial charge < -0.3 is 10.5 Å². The Bertz CT molecular complexity index is 432. The molecule has 0 spiro atoms. The van der Waals surface area contributed by atoms with Crippen LogP contribution in [0, 0.1) is 0 Å². The quantitative estimate of drug-likeness (QED) is 0.854. The van der Waals surface area contributed by atoms with E-state index in [-0.39, 0.29) is 0 Å². The standard InChI is InChI=1S/C8H6BrN3OS/c9-5-1-2-7(6(10)3-5)13-8-12-11-4-14-8/h1-4H,10H2. The van der Waals surface area contributed by atoms with Gasteiger partial charge in [-0.3, -0.25) is 0 Å². The van der Waals surface area contributed by atoms with Crippen molar-refractivity contribution in [2.45, 2.75) is 0 Å². The first-order chi connectivity index (χ1) is 6.75. The number of rotatable bonds is 2. The molecule has 0 saturated heterocycles. The molecule has 0 bridgehead atoms. The van der Waals surface area contributed by atoms with E-state index < -0.39 is 0 Å². The van der Waals surface area contributed by atoms with E-state index in [1.165, 1.54) is 11.3 Å². The lowest BCUT2D eigenvalue weighted by molar-refractivity contribution is 0.475. The van der Waals surface area contributed by atoms with Gasteiger partial charge in [0.1, 0.15) is 5.51 Å². The van der Waals surface area contributed by atoms with E-state index in [0.29, 0.717) is 16.6 Å². The Morgan fingerprint density at radius 3 is 2.93 bits per heavy atom. The highest BCUT2D eigenvalue weighted by Crippen LogP contribution is 2.30. The molecule has 2 N–H and O–H groups in total. The van der Waals surface area contributed by atoms with E-state index in [1.54, 1.807) is 17.6 Å². The van der Waals surface area contributed by atoms with Gasteiger partial charge in [-0.15, -0.1) is 5.10 Å². The second-order valence-corrected chi connectivity index (χ2v) is 4.20. The van der Waals surface area contributed by atoms with Crippen LogP contribution in [-0.2, 0) is 0 Å². The minimum atomic E-state index is 0.485. The summed E-state index contributed by atoms with van der Waals surface area (Å²) in [6, 6.07) is 5.41. The molecular formula is C8H6BrN3OS. The van der Waals surface area contributed by atoms with Crippen molar-refractivity contribution in [2.75, 3.05) is 5.73 Å². The third-order valence-corrected chi connectivity index (χ3v) is 2.57. The molecule has 2 rings (SSSR count). The SMILES string of the molecule is Nc1cc(Br)ccc1Oc1nncs1. The molecular weight excluding hydrogens is 266 g/mol. The Morgan fingerprint density at radius 2 is 2.29 bits per heavy atom. The largest absolute Gasteiger partial charge is 0.428 e. The van der Waals surface area contributed by atoms with Crippen molar-refractivity contribution in [2.24, 2.45) is 0 Å². The first-order valence-electron chi connectivity index (χ1n) is 3.75. The summed E-state index contributed by atoms with van der Waals surface area (Å²) >= 11 is 4.63. The molecule has 0 saturated carbocycles. The monoisotopic (exact) mass is 271 g/mol. The number of nitrogens with zero attached hydrogens (tertiary/aromatic N) is 2.